The van der Waals surface area contributed by atoms with E-state index in [2.05, 4.69) is 28.6 Å². The van der Waals surface area contributed by atoms with Gasteiger partial charge in [0.1, 0.15) is 5.75 Å². The molecule has 2 heterocycles. The molecule has 29 heavy (non-hydrogen) atoms. The standard InChI is InChI=1S/C23H22N4O2/c1-4-6-18(5-2)19-9-7-17(8-10-19)14-25-23(28)20-15-26-27(16-20)22-13-21(29-3)11-12-24-22/h4-13,15-16H,1-2,14H2,3H3,(H,25,28)/b18-6+. The third-order valence-electron chi connectivity index (χ3n) is 4.29. The molecule has 2 aromatic heterocycles. The number of nitrogens with zero attached hydrogens (tertiary/aromatic N) is 3. The molecule has 0 aliphatic rings. The summed E-state index contributed by atoms with van der Waals surface area (Å²) < 4.78 is 6.72. The number of amides is 1. The van der Waals surface area contributed by atoms with Gasteiger partial charge in [0.15, 0.2) is 5.82 Å². The lowest BCUT2D eigenvalue weighted by Crippen LogP contribution is -2.22. The van der Waals surface area contributed by atoms with E-state index in [0.717, 1.165) is 16.7 Å². The van der Waals surface area contributed by atoms with E-state index >= 15 is 0 Å². The number of allylic oxidation sites excluding steroid dienone is 4. The SMILES string of the molecule is C=C/C=C(\C=C)c1ccc(CNC(=O)c2cnn(-c3cc(OC)ccn3)c2)cc1. The number of carbonyl (C=O) groups is 1. The van der Waals surface area contributed by atoms with E-state index < -0.39 is 0 Å². The van der Waals surface area contributed by atoms with E-state index in [-0.39, 0.29) is 5.91 Å². The number of methoxy groups -OCH3 is 1. The van der Waals surface area contributed by atoms with Crippen molar-refractivity contribution in [2.75, 3.05) is 7.11 Å². The second-order valence-corrected chi connectivity index (χ2v) is 6.17. The molecular weight excluding hydrogens is 364 g/mol. The first kappa shape index (κ1) is 19.8. The Morgan fingerprint density at radius 1 is 1.21 bits per heavy atom. The van der Waals surface area contributed by atoms with Gasteiger partial charge < -0.3 is 10.1 Å². The fourth-order valence-electron chi connectivity index (χ4n) is 2.73. The van der Waals surface area contributed by atoms with Gasteiger partial charge in [0.2, 0.25) is 0 Å². The summed E-state index contributed by atoms with van der Waals surface area (Å²) in [5.74, 6) is 1.04. The summed E-state index contributed by atoms with van der Waals surface area (Å²) in [6, 6.07) is 11.4. The van der Waals surface area contributed by atoms with Gasteiger partial charge in [-0.25, -0.2) is 9.67 Å². The highest BCUT2D eigenvalue weighted by Gasteiger charge is 2.10. The first-order chi connectivity index (χ1) is 14.1. The van der Waals surface area contributed by atoms with E-state index in [9.17, 15) is 4.79 Å². The molecule has 0 bridgehead atoms. The van der Waals surface area contributed by atoms with E-state index in [1.807, 2.05) is 30.3 Å². The van der Waals surface area contributed by atoms with Gasteiger partial charge >= 0.3 is 0 Å². The van der Waals surface area contributed by atoms with Crippen molar-refractivity contribution in [2.24, 2.45) is 0 Å². The van der Waals surface area contributed by atoms with Crippen LogP contribution in [0.2, 0.25) is 0 Å². The van der Waals surface area contributed by atoms with Crippen molar-refractivity contribution in [3.05, 3.63) is 103 Å². The lowest BCUT2D eigenvalue weighted by Gasteiger charge is -2.06. The van der Waals surface area contributed by atoms with Crippen molar-refractivity contribution < 1.29 is 9.53 Å². The summed E-state index contributed by atoms with van der Waals surface area (Å²) in [4.78, 5) is 16.7. The van der Waals surface area contributed by atoms with Crippen LogP contribution >= 0.6 is 0 Å². The van der Waals surface area contributed by atoms with Gasteiger partial charge in [-0.2, -0.15) is 5.10 Å². The van der Waals surface area contributed by atoms with Gasteiger partial charge in [0.05, 0.1) is 18.9 Å². The Labute approximate surface area is 169 Å². The minimum atomic E-state index is -0.207. The minimum Gasteiger partial charge on any atom is -0.497 e. The normalized spacial score (nSPS) is 11.0. The van der Waals surface area contributed by atoms with Crippen molar-refractivity contribution in [2.45, 2.75) is 6.54 Å². The number of hydrogen-bond donors (Lipinski definition) is 1. The Morgan fingerprint density at radius 3 is 2.69 bits per heavy atom. The molecule has 0 unspecified atom stereocenters. The highest BCUT2D eigenvalue weighted by atomic mass is 16.5. The number of pyridine rings is 1. The van der Waals surface area contributed by atoms with Gasteiger partial charge in [-0.05, 0) is 22.8 Å². The second-order valence-electron chi connectivity index (χ2n) is 6.17. The number of ether oxygens (including phenoxy) is 1. The van der Waals surface area contributed by atoms with Gasteiger partial charge in [-0.3, -0.25) is 4.79 Å². The first-order valence-corrected chi connectivity index (χ1v) is 9.02. The van der Waals surface area contributed by atoms with E-state index in [4.69, 9.17) is 4.74 Å². The second kappa shape index (κ2) is 9.32. The lowest BCUT2D eigenvalue weighted by molar-refractivity contribution is 0.0951. The van der Waals surface area contributed by atoms with Crippen molar-refractivity contribution in [3.63, 3.8) is 0 Å². The molecule has 6 nitrogen and oxygen atoms in total. The summed E-state index contributed by atoms with van der Waals surface area (Å²) in [6.07, 6.45) is 10.2. The van der Waals surface area contributed by atoms with Gasteiger partial charge in [-0.1, -0.05) is 55.7 Å². The zero-order chi connectivity index (χ0) is 20.6. The minimum absolute atomic E-state index is 0.207. The summed E-state index contributed by atoms with van der Waals surface area (Å²) in [5, 5.41) is 7.11. The predicted molar refractivity (Wildman–Crippen MR) is 114 cm³/mol. The fraction of sp³-hybridized carbons (Fsp3) is 0.0870. The maximum atomic E-state index is 12.4. The molecule has 6 heteroatoms. The average molecular weight is 386 g/mol. The summed E-state index contributed by atoms with van der Waals surface area (Å²) in [7, 11) is 1.58. The molecule has 1 N–H and O–H groups in total. The van der Waals surface area contributed by atoms with Crippen LogP contribution in [0.15, 0.2) is 86.4 Å². The highest BCUT2D eigenvalue weighted by molar-refractivity contribution is 5.93. The third kappa shape index (κ3) is 4.87. The van der Waals surface area contributed by atoms with Crippen LogP contribution < -0.4 is 10.1 Å². The monoisotopic (exact) mass is 386 g/mol. The Morgan fingerprint density at radius 2 is 2.00 bits per heavy atom. The topological polar surface area (TPSA) is 69.0 Å². The van der Waals surface area contributed by atoms with E-state index in [1.54, 1.807) is 43.8 Å². The molecule has 0 saturated carbocycles. The molecule has 0 fully saturated rings. The summed E-state index contributed by atoms with van der Waals surface area (Å²) in [5.41, 5.74) is 3.48. The molecule has 3 aromatic rings. The van der Waals surface area contributed by atoms with E-state index in [0.29, 0.717) is 23.7 Å². The molecule has 0 aliphatic heterocycles. The third-order valence-corrected chi connectivity index (χ3v) is 4.29. The van der Waals surface area contributed by atoms with Crippen LogP contribution in [0, 0.1) is 0 Å². The maximum absolute atomic E-state index is 12.4. The number of rotatable bonds is 8. The van der Waals surface area contributed by atoms with Crippen LogP contribution in [0.5, 0.6) is 5.75 Å². The molecule has 0 radical (unpaired) electrons. The number of carbonyl (C=O) groups excluding carboxylic acids is 1. The Kier molecular flexibility index (Phi) is 6.37. The summed E-state index contributed by atoms with van der Waals surface area (Å²) in [6.45, 7) is 7.94. The average Bonchev–Trinajstić information content (AvgIpc) is 3.27. The molecule has 0 atom stereocenters. The molecule has 146 valence electrons. The quantitative estimate of drug-likeness (QED) is 0.595. The van der Waals surface area contributed by atoms with Crippen LogP contribution in [0.25, 0.3) is 11.4 Å². The van der Waals surface area contributed by atoms with Gasteiger partial charge in [0, 0.05) is 25.0 Å². The van der Waals surface area contributed by atoms with Crippen molar-refractivity contribution >= 4 is 11.5 Å². The molecular formula is C23H22N4O2. The zero-order valence-corrected chi connectivity index (χ0v) is 16.2. The molecule has 0 spiro atoms. The zero-order valence-electron chi connectivity index (χ0n) is 16.2. The van der Waals surface area contributed by atoms with Crippen LogP contribution in [0.3, 0.4) is 0 Å². The van der Waals surface area contributed by atoms with Gasteiger partial charge in [-0.15, -0.1) is 0 Å². The highest BCUT2D eigenvalue weighted by Crippen LogP contribution is 2.17. The number of nitrogens with one attached hydrogen (secondary N) is 1. The Balaban J connectivity index is 1.64. The molecule has 3 rings (SSSR count). The number of benzene rings is 1. The maximum Gasteiger partial charge on any atom is 0.254 e. The smallest absolute Gasteiger partial charge is 0.254 e. The Bertz CT molecular complexity index is 1050. The Hall–Kier alpha value is -3.93. The van der Waals surface area contributed by atoms with Crippen molar-refractivity contribution in [3.8, 4) is 11.6 Å². The number of aromatic nitrogens is 3. The van der Waals surface area contributed by atoms with Crippen LogP contribution in [0.4, 0.5) is 0 Å². The molecule has 1 aromatic carbocycles. The summed E-state index contributed by atoms with van der Waals surface area (Å²) >= 11 is 0. The number of hydrogen-bond acceptors (Lipinski definition) is 4. The lowest BCUT2D eigenvalue weighted by atomic mass is 10.0. The van der Waals surface area contributed by atoms with E-state index in [1.165, 1.54) is 10.9 Å². The fourth-order valence-corrected chi connectivity index (χ4v) is 2.73. The van der Waals surface area contributed by atoms with Crippen LogP contribution in [0.1, 0.15) is 21.5 Å². The van der Waals surface area contributed by atoms with Crippen molar-refractivity contribution in [1.82, 2.24) is 20.1 Å². The van der Waals surface area contributed by atoms with Crippen LogP contribution in [-0.2, 0) is 6.54 Å². The van der Waals surface area contributed by atoms with Crippen molar-refractivity contribution in [1.29, 1.82) is 0 Å². The molecule has 0 aliphatic carbocycles. The molecule has 0 saturated heterocycles. The first-order valence-electron chi connectivity index (χ1n) is 9.02. The predicted octanol–water partition coefficient (Wildman–Crippen LogP) is 3.96. The molecule has 1 amide bonds. The largest absolute Gasteiger partial charge is 0.497 e. The van der Waals surface area contributed by atoms with Crippen LogP contribution in [-0.4, -0.2) is 27.8 Å². The van der Waals surface area contributed by atoms with Gasteiger partial charge in [0.25, 0.3) is 5.91 Å².